The summed E-state index contributed by atoms with van der Waals surface area (Å²) < 4.78 is 7.35. The topological polar surface area (TPSA) is 26.5 Å². The zero-order chi connectivity index (χ0) is 19.1. The largest absolute Gasteiger partial charge is 0.497 e. The maximum absolute atomic E-state index is 5.29. The molecule has 0 radical (unpaired) electrons. The van der Waals surface area contributed by atoms with E-state index in [1.54, 1.807) is 7.11 Å². The molecule has 0 fully saturated rings. The van der Waals surface area contributed by atoms with Gasteiger partial charge in [0.2, 0.25) is 0 Å². The van der Waals surface area contributed by atoms with E-state index in [2.05, 4.69) is 78.2 Å². The van der Waals surface area contributed by atoms with E-state index in [0.29, 0.717) is 0 Å². The van der Waals surface area contributed by atoms with Crippen LogP contribution in [0.2, 0.25) is 0 Å². The number of nitrogens with zero attached hydrogens (tertiary/aromatic N) is 2. The van der Waals surface area contributed by atoms with Crippen LogP contribution >= 0.6 is 0 Å². The molecule has 0 bridgehead atoms. The molecule has 0 aliphatic carbocycles. The number of rotatable bonds is 3. The van der Waals surface area contributed by atoms with Crippen molar-refractivity contribution in [3.8, 4) is 28.3 Å². The Morgan fingerprint density at radius 2 is 1.57 bits per heavy atom. The summed E-state index contributed by atoms with van der Waals surface area (Å²) in [6.07, 6.45) is 0. The Balaban J connectivity index is 1.81. The summed E-state index contributed by atoms with van der Waals surface area (Å²) in [6, 6.07) is 29.5. The van der Waals surface area contributed by atoms with Crippen LogP contribution in [0.4, 0.5) is 0 Å². The van der Waals surface area contributed by atoms with Gasteiger partial charge in [-0.3, -0.25) is 0 Å². The SMILES string of the molecule is COc1ccc(-c2cc3c4cc(C)ccc4cc(-c4ccccc4)n3n2)cc1. The minimum atomic E-state index is 0.846. The third-order valence-electron chi connectivity index (χ3n) is 5.17. The summed E-state index contributed by atoms with van der Waals surface area (Å²) in [6.45, 7) is 2.13. The highest BCUT2D eigenvalue weighted by Crippen LogP contribution is 2.32. The summed E-state index contributed by atoms with van der Waals surface area (Å²) in [5.41, 5.74) is 6.63. The number of aryl methyl sites for hydroxylation is 1. The van der Waals surface area contributed by atoms with E-state index in [1.165, 1.54) is 16.3 Å². The zero-order valence-electron chi connectivity index (χ0n) is 15.9. The van der Waals surface area contributed by atoms with Crippen molar-refractivity contribution in [3.05, 3.63) is 90.5 Å². The fourth-order valence-corrected chi connectivity index (χ4v) is 3.70. The summed E-state index contributed by atoms with van der Waals surface area (Å²) in [5, 5.41) is 7.41. The van der Waals surface area contributed by atoms with E-state index in [9.17, 15) is 0 Å². The van der Waals surface area contributed by atoms with Crippen molar-refractivity contribution >= 4 is 16.3 Å². The molecule has 0 N–H and O–H groups in total. The van der Waals surface area contributed by atoms with Gasteiger partial charge in [0.05, 0.1) is 24.0 Å². The van der Waals surface area contributed by atoms with E-state index >= 15 is 0 Å². The summed E-state index contributed by atoms with van der Waals surface area (Å²) in [5.74, 6) is 0.846. The Bertz CT molecular complexity index is 1290. The molecule has 28 heavy (non-hydrogen) atoms. The molecule has 5 rings (SSSR count). The van der Waals surface area contributed by atoms with Crippen molar-refractivity contribution < 1.29 is 4.74 Å². The van der Waals surface area contributed by atoms with Crippen molar-refractivity contribution in [2.45, 2.75) is 6.92 Å². The molecule has 136 valence electrons. The predicted molar refractivity (Wildman–Crippen MR) is 115 cm³/mol. The van der Waals surface area contributed by atoms with Crippen LogP contribution in [0.15, 0.2) is 84.9 Å². The number of hydrogen-bond donors (Lipinski definition) is 0. The van der Waals surface area contributed by atoms with Crippen LogP contribution in [0.5, 0.6) is 5.75 Å². The highest BCUT2D eigenvalue weighted by molar-refractivity contribution is 6.00. The number of ether oxygens (including phenoxy) is 1. The number of pyridine rings is 1. The van der Waals surface area contributed by atoms with Gasteiger partial charge in [-0.1, -0.05) is 48.0 Å². The normalized spacial score (nSPS) is 11.2. The maximum atomic E-state index is 5.29. The van der Waals surface area contributed by atoms with Gasteiger partial charge in [0.25, 0.3) is 0 Å². The Labute approximate surface area is 163 Å². The number of aromatic nitrogens is 2. The average molecular weight is 364 g/mol. The van der Waals surface area contributed by atoms with Crippen molar-refractivity contribution in [1.29, 1.82) is 0 Å². The van der Waals surface area contributed by atoms with Crippen LogP contribution < -0.4 is 4.74 Å². The van der Waals surface area contributed by atoms with Crippen LogP contribution in [0.3, 0.4) is 0 Å². The van der Waals surface area contributed by atoms with E-state index in [-0.39, 0.29) is 0 Å². The van der Waals surface area contributed by atoms with E-state index in [4.69, 9.17) is 9.84 Å². The fraction of sp³-hybridized carbons (Fsp3) is 0.0800. The first-order valence-corrected chi connectivity index (χ1v) is 9.36. The lowest BCUT2D eigenvalue weighted by Crippen LogP contribution is -1.95. The van der Waals surface area contributed by atoms with Crippen molar-refractivity contribution in [1.82, 2.24) is 9.61 Å². The first-order chi connectivity index (χ1) is 13.7. The van der Waals surface area contributed by atoms with E-state index in [0.717, 1.165) is 33.8 Å². The summed E-state index contributed by atoms with van der Waals surface area (Å²) in [7, 11) is 1.68. The quantitative estimate of drug-likeness (QED) is 0.384. The second-order valence-electron chi connectivity index (χ2n) is 7.04. The molecule has 0 spiro atoms. The Morgan fingerprint density at radius 1 is 0.786 bits per heavy atom. The van der Waals surface area contributed by atoms with Gasteiger partial charge in [0, 0.05) is 16.5 Å². The van der Waals surface area contributed by atoms with Crippen LogP contribution in [0.25, 0.3) is 38.8 Å². The van der Waals surface area contributed by atoms with Crippen LogP contribution in [0.1, 0.15) is 5.56 Å². The number of hydrogen-bond acceptors (Lipinski definition) is 2. The number of methoxy groups -OCH3 is 1. The lowest BCUT2D eigenvalue weighted by atomic mass is 10.0. The molecule has 0 aliphatic rings. The van der Waals surface area contributed by atoms with Gasteiger partial charge in [-0.25, -0.2) is 4.52 Å². The number of fused-ring (bicyclic) bond motifs is 3. The predicted octanol–water partition coefficient (Wildman–Crippen LogP) is 6.14. The molecule has 3 aromatic carbocycles. The molecule has 0 unspecified atom stereocenters. The highest BCUT2D eigenvalue weighted by Gasteiger charge is 2.13. The molecule has 5 aromatic rings. The van der Waals surface area contributed by atoms with Gasteiger partial charge in [-0.05, 0) is 54.8 Å². The molecule has 0 atom stereocenters. The first kappa shape index (κ1) is 16.6. The molecule has 3 nitrogen and oxygen atoms in total. The molecular formula is C25H20N2O. The summed E-state index contributed by atoms with van der Waals surface area (Å²) >= 11 is 0. The third kappa shape index (κ3) is 2.72. The standard InChI is InChI=1S/C25H20N2O/c1-17-8-9-20-15-24(19-6-4-3-5-7-19)27-25(22(20)14-17)16-23(26-27)18-10-12-21(28-2)13-11-18/h3-16H,1-2H3. The second kappa shape index (κ2) is 6.54. The van der Waals surface area contributed by atoms with Gasteiger partial charge in [0.1, 0.15) is 5.75 Å². The Hall–Kier alpha value is -3.59. The van der Waals surface area contributed by atoms with E-state index in [1.807, 2.05) is 18.2 Å². The zero-order valence-corrected chi connectivity index (χ0v) is 15.9. The molecule has 0 saturated heterocycles. The lowest BCUT2D eigenvalue weighted by Gasteiger charge is -2.09. The molecule has 0 amide bonds. The Kier molecular flexibility index (Phi) is 3.87. The van der Waals surface area contributed by atoms with E-state index < -0.39 is 0 Å². The number of benzene rings is 3. The second-order valence-corrected chi connectivity index (χ2v) is 7.04. The average Bonchev–Trinajstić information content (AvgIpc) is 3.20. The van der Waals surface area contributed by atoms with Gasteiger partial charge in [-0.2, -0.15) is 5.10 Å². The molecular weight excluding hydrogens is 344 g/mol. The summed E-state index contributed by atoms with van der Waals surface area (Å²) in [4.78, 5) is 0. The maximum Gasteiger partial charge on any atom is 0.118 e. The molecule has 3 heteroatoms. The molecule has 2 heterocycles. The molecule has 0 saturated carbocycles. The van der Waals surface area contributed by atoms with Crippen molar-refractivity contribution in [2.24, 2.45) is 0 Å². The van der Waals surface area contributed by atoms with Gasteiger partial charge >= 0.3 is 0 Å². The van der Waals surface area contributed by atoms with Crippen LogP contribution in [-0.2, 0) is 0 Å². The third-order valence-corrected chi connectivity index (χ3v) is 5.17. The van der Waals surface area contributed by atoms with Gasteiger partial charge < -0.3 is 4.74 Å². The van der Waals surface area contributed by atoms with Gasteiger partial charge in [-0.15, -0.1) is 0 Å². The fourth-order valence-electron chi connectivity index (χ4n) is 3.70. The van der Waals surface area contributed by atoms with Crippen LogP contribution in [0, 0.1) is 6.92 Å². The van der Waals surface area contributed by atoms with Crippen molar-refractivity contribution in [3.63, 3.8) is 0 Å². The lowest BCUT2D eigenvalue weighted by molar-refractivity contribution is 0.415. The minimum Gasteiger partial charge on any atom is -0.497 e. The smallest absolute Gasteiger partial charge is 0.118 e. The van der Waals surface area contributed by atoms with Crippen LogP contribution in [-0.4, -0.2) is 16.7 Å². The van der Waals surface area contributed by atoms with Gasteiger partial charge in [0.15, 0.2) is 0 Å². The molecule has 2 aromatic heterocycles. The molecule has 0 aliphatic heterocycles. The van der Waals surface area contributed by atoms with Crippen molar-refractivity contribution in [2.75, 3.05) is 7.11 Å². The monoisotopic (exact) mass is 364 g/mol. The highest BCUT2D eigenvalue weighted by atomic mass is 16.5. The first-order valence-electron chi connectivity index (χ1n) is 9.36. The Morgan fingerprint density at radius 3 is 2.32 bits per heavy atom. The minimum absolute atomic E-state index is 0.846.